The van der Waals surface area contributed by atoms with Gasteiger partial charge < -0.3 is 4.52 Å². The molecule has 0 saturated carbocycles. The van der Waals surface area contributed by atoms with Gasteiger partial charge in [-0.1, -0.05) is 28.6 Å². The van der Waals surface area contributed by atoms with Gasteiger partial charge >= 0.3 is 0 Å². The van der Waals surface area contributed by atoms with Crippen LogP contribution >= 0.6 is 0 Å². The SMILES string of the molecule is Cc1ccccc1-c1nc(-c2ccc3c(c2)nnn3C(C)(C)C)no1. The number of aryl methyl sites for hydroxylation is 1. The summed E-state index contributed by atoms with van der Waals surface area (Å²) in [5.74, 6) is 1.07. The van der Waals surface area contributed by atoms with Gasteiger partial charge in [0.1, 0.15) is 5.52 Å². The topological polar surface area (TPSA) is 69.6 Å². The molecule has 126 valence electrons. The summed E-state index contributed by atoms with van der Waals surface area (Å²) in [5, 5.41) is 12.7. The van der Waals surface area contributed by atoms with Gasteiger partial charge in [-0.15, -0.1) is 5.10 Å². The first kappa shape index (κ1) is 15.5. The van der Waals surface area contributed by atoms with E-state index in [2.05, 4.69) is 41.2 Å². The van der Waals surface area contributed by atoms with Crippen LogP contribution in [0.25, 0.3) is 33.9 Å². The lowest BCUT2D eigenvalue weighted by Crippen LogP contribution is -2.22. The first-order valence-electron chi connectivity index (χ1n) is 8.19. The molecule has 0 aliphatic heterocycles. The van der Waals surface area contributed by atoms with Crippen molar-refractivity contribution in [3.8, 4) is 22.8 Å². The summed E-state index contributed by atoms with van der Waals surface area (Å²) in [6.07, 6.45) is 0. The monoisotopic (exact) mass is 333 g/mol. The van der Waals surface area contributed by atoms with Crippen LogP contribution in [0.2, 0.25) is 0 Å². The lowest BCUT2D eigenvalue weighted by molar-refractivity contribution is 0.358. The standard InChI is InChI=1S/C19H19N5O/c1-12-7-5-6-8-14(12)18-20-17(22-25-18)13-9-10-16-15(11-13)21-23-24(16)19(2,3)4/h5-11H,1-4H3. The highest BCUT2D eigenvalue weighted by Crippen LogP contribution is 2.27. The lowest BCUT2D eigenvalue weighted by atomic mass is 10.1. The van der Waals surface area contributed by atoms with Crippen molar-refractivity contribution in [2.75, 3.05) is 0 Å². The van der Waals surface area contributed by atoms with Gasteiger partial charge in [-0.25, -0.2) is 4.68 Å². The molecule has 2 aromatic carbocycles. The molecule has 0 N–H and O–H groups in total. The first-order valence-corrected chi connectivity index (χ1v) is 8.19. The molecule has 0 radical (unpaired) electrons. The van der Waals surface area contributed by atoms with Crippen molar-refractivity contribution in [1.82, 2.24) is 25.1 Å². The van der Waals surface area contributed by atoms with E-state index in [0.717, 1.165) is 27.7 Å². The van der Waals surface area contributed by atoms with Gasteiger partial charge in [-0.05, 0) is 57.5 Å². The molecule has 0 atom stereocenters. The largest absolute Gasteiger partial charge is 0.334 e. The Morgan fingerprint density at radius 1 is 1.04 bits per heavy atom. The molecule has 6 nitrogen and oxygen atoms in total. The van der Waals surface area contributed by atoms with Crippen LogP contribution in [0.15, 0.2) is 47.0 Å². The molecule has 0 aliphatic carbocycles. The molecule has 2 heterocycles. The summed E-state index contributed by atoms with van der Waals surface area (Å²) in [5.41, 5.74) is 4.58. The minimum atomic E-state index is -0.125. The summed E-state index contributed by atoms with van der Waals surface area (Å²) in [6, 6.07) is 13.9. The quantitative estimate of drug-likeness (QED) is 0.549. The molecule has 0 saturated heterocycles. The number of hydrogen-bond acceptors (Lipinski definition) is 5. The van der Waals surface area contributed by atoms with Crippen molar-refractivity contribution in [2.24, 2.45) is 0 Å². The molecule has 0 bridgehead atoms. The predicted octanol–water partition coefficient (Wildman–Crippen LogP) is 4.21. The molecule has 6 heteroatoms. The number of nitrogens with zero attached hydrogens (tertiary/aromatic N) is 5. The van der Waals surface area contributed by atoms with Crippen LogP contribution in [-0.2, 0) is 5.54 Å². The van der Waals surface area contributed by atoms with Crippen molar-refractivity contribution in [2.45, 2.75) is 33.2 Å². The number of aromatic nitrogens is 5. The van der Waals surface area contributed by atoms with Crippen molar-refractivity contribution < 1.29 is 4.52 Å². The van der Waals surface area contributed by atoms with Crippen molar-refractivity contribution in [3.05, 3.63) is 48.0 Å². The predicted molar refractivity (Wildman–Crippen MR) is 96.0 cm³/mol. The Morgan fingerprint density at radius 3 is 2.60 bits per heavy atom. The highest BCUT2D eigenvalue weighted by Gasteiger charge is 2.19. The average molecular weight is 333 g/mol. The van der Waals surface area contributed by atoms with Crippen LogP contribution in [-0.4, -0.2) is 25.1 Å². The maximum atomic E-state index is 5.46. The molecule has 0 amide bonds. The fraction of sp³-hybridized carbons (Fsp3) is 0.263. The van der Waals surface area contributed by atoms with Crippen molar-refractivity contribution >= 4 is 11.0 Å². The average Bonchev–Trinajstić information content (AvgIpc) is 3.21. The van der Waals surface area contributed by atoms with E-state index in [0.29, 0.717) is 11.7 Å². The van der Waals surface area contributed by atoms with E-state index in [9.17, 15) is 0 Å². The van der Waals surface area contributed by atoms with Crippen LogP contribution in [0.5, 0.6) is 0 Å². The fourth-order valence-corrected chi connectivity index (χ4v) is 2.82. The minimum absolute atomic E-state index is 0.125. The molecular formula is C19H19N5O. The molecule has 0 fully saturated rings. The Kier molecular flexibility index (Phi) is 3.42. The summed E-state index contributed by atoms with van der Waals surface area (Å²) in [6.45, 7) is 8.32. The van der Waals surface area contributed by atoms with E-state index in [4.69, 9.17) is 4.52 Å². The van der Waals surface area contributed by atoms with Gasteiger partial charge in [0.25, 0.3) is 5.89 Å². The van der Waals surface area contributed by atoms with Crippen molar-refractivity contribution in [1.29, 1.82) is 0 Å². The molecule has 25 heavy (non-hydrogen) atoms. The Hall–Kier alpha value is -3.02. The van der Waals surface area contributed by atoms with Gasteiger partial charge in [0.2, 0.25) is 5.82 Å². The van der Waals surface area contributed by atoms with Gasteiger partial charge in [0.15, 0.2) is 0 Å². The van der Waals surface area contributed by atoms with Crippen LogP contribution in [0, 0.1) is 6.92 Å². The number of hydrogen-bond donors (Lipinski definition) is 0. The zero-order chi connectivity index (χ0) is 17.6. The summed E-state index contributed by atoms with van der Waals surface area (Å²) < 4.78 is 7.37. The molecular weight excluding hydrogens is 314 g/mol. The molecule has 4 aromatic rings. The van der Waals surface area contributed by atoms with Gasteiger partial charge in [-0.2, -0.15) is 4.98 Å². The summed E-state index contributed by atoms with van der Waals surface area (Å²) in [7, 11) is 0. The van der Waals surface area contributed by atoms with Crippen LogP contribution in [0.3, 0.4) is 0 Å². The molecule has 0 spiro atoms. The highest BCUT2D eigenvalue weighted by molar-refractivity contribution is 5.80. The third-order valence-corrected chi connectivity index (χ3v) is 4.14. The first-order chi connectivity index (χ1) is 11.9. The Labute approximate surface area is 145 Å². The second-order valence-corrected chi connectivity index (χ2v) is 7.11. The molecule has 4 rings (SSSR count). The maximum absolute atomic E-state index is 5.46. The van der Waals surface area contributed by atoms with Crippen molar-refractivity contribution in [3.63, 3.8) is 0 Å². The number of fused-ring (bicyclic) bond motifs is 1. The van der Waals surface area contributed by atoms with Gasteiger partial charge in [0, 0.05) is 11.1 Å². The van der Waals surface area contributed by atoms with E-state index in [1.165, 1.54) is 0 Å². The molecule has 0 unspecified atom stereocenters. The van der Waals surface area contributed by atoms with E-state index in [-0.39, 0.29) is 5.54 Å². The van der Waals surface area contributed by atoms with E-state index in [1.54, 1.807) is 0 Å². The van der Waals surface area contributed by atoms with Crippen LogP contribution in [0.1, 0.15) is 26.3 Å². The fourth-order valence-electron chi connectivity index (χ4n) is 2.82. The van der Waals surface area contributed by atoms with Crippen LogP contribution < -0.4 is 0 Å². The lowest BCUT2D eigenvalue weighted by Gasteiger charge is -2.19. The zero-order valence-corrected chi connectivity index (χ0v) is 14.7. The third-order valence-electron chi connectivity index (χ3n) is 4.14. The van der Waals surface area contributed by atoms with Gasteiger partial charge in [0.05, 0.1) is 11.1 Å². The number of rotatable bonds is 2. The highest BCUT2D eigenvalue weighted by atomic mass is 16.5. The summed E-state index contributed by atoms with van der Waals surface area (Å²) >= 11 is 0. The Balaban J connectivity index is 1.75. The minimum Gasteiger partial charge on any atom is -0.334 e. The normalized spacial score (nSPS) is 12.0. The van der Waals surface area contributed by atoms with Gasteiger partial charge in [-0.3, -0.25) is 0 Å². The Morgan fingerprint density at radius 2 is 1.84 bits per heavy atom. The van der Waals surface area contributed by atoms with Crippen LogP contribution in [0.4, 0.5) is 0 Å². The second kappa shape index (κ2) is 5.51. The molecule has 2 aromatic heterocycles. The number of benzene rings is 2. The van der Waals surface area contributed by atoms with E-state index < -0.39 is 0 Å². The molecule has 0 aliphatic rings. The Bertz CT molecular complexity index is 1060. The van der Waals surface area contributed by atoms with E-state index in [1.807, 2.05) is 54.1 Å². The second-order valence-electron chi connectivity index (χ2n) is 7.11. The zero-order valence-electron chi connectivity index (χ0n) is 14.7. The third kappa shape index (κ3) is 2.69. The summed E-state index contributed by atoms with van der Waals surface area (Å²) in [4.78, 5) is 4.54. The smallest absolute Gasteiger partial charge is 0.258 e. The maximum Gasteiger partial charge on any atom is 0.258 e. The van der Waals surface area contributed by atoms with E-state index >= 15 is 0 Å².